The standard InChI is InChI=1S/C8H9BrN4/c9-7-3-1-2-6(4-7)5-12-13-8(10)11/h1-5H,(H4,10,11,13). The number of nitrogens with two attached hydrogens (primary N) is 2. The predicted octanol–water partition coefficient (Wildman–Crippen LogP) is 1.06. The number of rotatable bonds is 2. The molecule has 0 atom stereocenters. The maximum Gasteiger partial charge on any atom is 0.211 e. The minimum Gasteiger partial charge on any atom is -0.369 e. The molecule has 1 aromatic carbocycles. The van der Waals surface area contributed by atoms with Gasteiger partial charge in [0.1, 0.15) is 0 Å². The average molecular weight is 241 g/mol. The minimum absolute atomic E-state index is 0.0498. The molecule has 1 aromatic rings. The second-order valence-corrected chi connectivity index (χ2v) is 3.24. The van der Waals surface area contributed by atoms with Gasteiger partial charge in [-0.2, -0.15) is 5.10 Å². The topological polar surface area (TPSA) is 76.8 Å². The lowest BCUT2D eigenvalue weighted by molar-refractivity contribution is 1.21. The van der Waals surface area contributed by atoms with E-state index in [2.05, 4.69) is 26.1 Å². The largest absolute Gasteiger partial charge is 0.369 e. The molecule has 5 heteroatoms. The lowest BCUT2D eigenvalue weighted by Crippen LogP contribution is -2.21. The Balaban J connectivity index is 2.75. The van der Waals surface area contributed by atoms with Gasteiger partial charge in [0.15, 0.2) is 0 Å². The van der Waals surface area contributed by atoms with Crippen molar-refractivity contribution in [2.45, 2.75) is 0 Å². The third-order valence-corrected chi connectivity index (χ3v) is 1.72. The quantitative estimate of drug-likeness (QED) is 0.461. The van der Waals surface area contributed by atoms with E-state index < -0.39 is 0 Å². The number of benzene rings is 1. The van der Waals surface area contributed by atoms with Crippen molar-refractivity contribution in [2.75, 3.05) is 0 Å². The molecule has 0 saturated carbocycles. The molecule has 0 radical (unpaired) electrons. The molecule has 4 N–H and O–H groups in total. The Morgan fingerprint density at radius 2 is 2.15 bits per heavy atom. The fourth-order valence-electron chi connectivity index (χ4n) is 0.749. The van der Waals surface area contributed by atoms with E-state index >= 15 is 0 Å². The van der Waals surface area contributed by atoms with E-state index in [9.17, 15) is 0 Å². The molecule has 0 aliphatic carbocycles. The fourth-order valence-corrected chi connectivity index (χ4v) is 1.17. The molecule has 68 valence electrons. The summed E-state index contributed by atoms with van der Waals surface area (Å²) in [4.78, 5) is 0. The highest BCUT2D eigenvalue weighted by molar-refractivity contribution is 9.10. The molecule has 0 fully saturated rings. The Labute approximate surface area is 84.5 Å². The third-order valence-electron chi connectivity index (χ3n) is 1.23. The summed E-state index contributed by atoms with van der Waals surface area (Å²) in [5, 5.41) is 7.15. The zero-order valence-electron chi connectivity index (χ0n) is 6.81. The monoisotopic (exact) mass is 240 g/mol. The minimum atomic E-state index is -0.0498. The van der Waals surface area contributed by atoms with Crippen LogP contribution in [0.2, 0.25) is 0 Å². The van der Waals surface area contributed by atoms with Crippen LogP contribution in [0.4, 0.5) is 0 Å². The highest BCUT2D eigenvalue weighted by Gasteiger charge is 1.88. The van der Waals surface area contributed by atoms with Crippen LogP contribution >= 0.6 is 15.9 Å². The molecule has 13 heavy (non-hydrogen) atoms. The van der Waals surface area contributed by atoms with Gasteiger partial charge in [0.05, 0.1) is 6.21 Å². The predicted molar refractivity (Wildman–Crippen MR) is 57.5 cm³/mol. The summed E-state index contributed by atoms with van der Waals surface area (Å²) in [7, 11) is 0. The summed E-state index contributed by atoms with van der Waals surface area (Å²) >= 11 is 3.34. The van der Waals surface area contributed by atoms with Crippen LogP contribution in [-0.2, 0) is 0 Å². The summed E-state index contributed by atoms with van der Waals surface area (Å²) in [6.07, 6.45) is 1.57. The second-order valence-electron chi connectivity index (χ2n) is 2.32. The molecule has 0 bridgehead atoms. The second kappa shape index (κ2) is 4.61. The van der Waals surface area contributed by atoms with Gasteiger partial charge in [-0.3, -0.25) is 0 Å². The van der Waals surface area contributed by atoms with Crippen molar-refractivity contribution < 1.29 is 0 Å². The van der Waals surface area contributed by atoms with E-state index in [-0.39, 0.29) is 5.96 Å². The van der Waals surface area contributed by atoms with Gasteiger partial charge in [-0.25, -0.2) is 0 Å². The summed E-state index contributed by atoms with van der Waals surface area (Å²) in [5.41, 5.74) is 11.1. The van der Waals surface area contributed by atoms with Crippen molar-refractivity contribution in [3.63, 3.8) is 0 Å². The van der Waals surface area contributed by atoms with Gasteiger partial charge in [-0.05, 0) is 17.7 Å². The van der Waals surface area contributed by atoms with Gasteiger partial charge in [0.2, 0.25) is 5.96 Å². The van der Waals surface area contributed by atoms with Crippen LogP contribution in [0.3, 0.4) is 0 Å². The molecule has 0 aliphatic rings. The number of hydrogen-bond donors (Lipinski definition) is 2. The summed E-state index contributed by atoms with van der Waals surface area (Å²) in [5.74, 6) is -0.0498. The van der Waals surface area contributed by atoms with Gasteiger partial charge in [0.25, 0.3) is 0 Å². The molecular formula is C8H9BrN4. The molecule has 4 nitrogen and oxygen atoms in total. The van der Waals surface area contributed by atoms with Crippen molar-refractivity contribution >= 4 is 28.1 Å². The fraction of sp³-hybridized carbons (Fsp3) is 0. The first-order valence-corrected chi connectivity index (χ1v) is 4.35. The Morgan fingerprint density at radius 1 is 1.38 bits per heavy atom. The Kier molecular flexibility index (Phi) is 3.45. The van der Waals surface area contributed by atoms with E-state index in [4.69, 9.17) is 11.5 Å². The average Bonchev–Trinajstić information content (AvgIpc) is 2.03. The van der Waals surface area contributed by atoms with E-state index in [1.54, 1.807) is 6.21 Å². The van der Waals surface area contributed by atoms with Gasteiger partial charge in [-0.15, -0.1) is 5.10 Å². The maximum absolute atomic E-state index is 5.09. The number of hydrogen-bond acceptors (Lipinski definition) is 2. The van der Waals surface area contributed by atoms with Crippen molar-refractivity contribution in [3.8, 4) is 0 Å². The first-order chi connectivity index (χ1) is 6.18. The molecule has 0 aliphatic heterocycles. The van der Waals surface area contributed by atoms with Crippen molar-refractivity contribution in [2.24, 2.45) is 21.7 Å². The zero-order valence-corrected chi connectivity index (χ0v) is 8.40. The molecule has 0 aromatic heterocycles. The van der Waals surface area contributed by atoms with E-state index in [0.29, 0.717) is 0 Å². The van der Waals surface area contributed by atoms with Crippen LogP contribution in [0.25, 0.3) is 0 Å². The normalized spacial score (nSPS) is 10.2. The smallest absolute Gasteiger partial charge is 0.211 e. The zero-order chi connectivity index (χ0) is 9.68. The molecule has 0 unspecified atom stereocenters. The summed E-state index contributed by atoms with van der Waals surface area (Å²) in [6.45, 7) is 0. The van der Waals surface area contributed by atoms with Crippen LogP contribution < -0.4 is 11.5 Å². The van der Waals surface area contributed by atoms with Gasteiger partial charge >= 0.3 is 0 Å². The SMILES string of the molecule is NC(N)=NN=Cc1cccc(Br)c1. The highest BCUT2D eigenvalue weighted by Crippen LogP contribution is 2.09. The Bertz CT molecular complexity index is 342. The van der Waals surface area contributed by atoms with Gasteiger partial charge < -0.3 is 11.5 Å². The molecule has 0 spiro atoms. The Hall–Kier alpha value is -1.36. The van der Waals surface area contributed by atoms with Crippen molar-refractivity contribution in [1.29, 1.82) is 0 Å². The van der Waals surface area contributed by atoms with Crippen molar-refractivity contribution in [1.82, 2.24) is 0 Å². The van der Waals surface area contributed by atoms with E-state index in [1.807, 2.05) is 24.3 Å². The van der Waals surface area contributed by atoms with Crippen LogP contribution in [0.5, 0.6) is 0 Å². The number of halogens is 1. The first kappa shape index (κ1) is 9.73. The highest BCUT2D eigenvalue weighted by atomic mass is 79.9. The third kappa shape index (κ3) is 3.71. The van der Waals surface area contributed by atoms with E-state index in [1.165, 1.54) is 0 Å². The molecule has 1 rings (SSSR count). The number of guanidine groups is 1. The lowest BCUT2D eigenvalue weighted by Gasteiger charge is -1.91. The van der Waals surface area contributed by atoms with Crippen LogP contribution in [0, 0.1) is 0 Å². The number of nitrogens with zero attached hydrogens (tertiary/aromatic N) is 2. The summed E-state index contributed by atoms with van der Waals surface area (Å²) < 4.78 is 0.987. The molecule has 0 saturated heterocycles. The van der Waals surface area contributed by atoms with Crippen LogP contribution in [0.1, 0.15) is 5.56 Å². The van der Waals surface area contributed by atoms with Crippen LogP contribution in [-0.4, -0.2) is 12.2 Å². The molecular weight excluding hydrogens is 232 g/mol. The molecule has 0 amide bonds. The first-order valence-electron chi connectivity index (χ1n) is 3.56. The molecule has 0 heterocycles. The van der Waals surface area contributed by atoms with Gasteiger partial charge in [0, 0.05) is 4.47 Å². The Morgan fingerprint density at radius 3 is 2.77 bits per heavy atom. The van der Waals surface area contributed by atoms with Crippen molar-refractivity contribution in [3.05, 3.63) is 34.3 Å². The van der Waals surface area contributed by atoms with Crippen LogP contribution in [0.15, 0.2) is 38.9 Å². The lowest BCUT2D eigenvalue weighted by atomic mass is 10.2. The van der Waals surface area contributed by atoms with Gasteiger partial charge in [-0.1, -0.05) is 28.1 Å². The summed E-state index contributed by atoms with van der Waals surface area (Å²) in [6, 6.07) is 7.64. The maximum atomic E-state index is 5.09. The van der Waals surface area contributed by atoms with E-state index in [0.717, 1.165) is 10.0 Å².